The summed E-state index contributed by atoms with van der Waals surface area (Å²) >= 11 is 6.53. The van der Waals surface area contributed by atoms with Gasteiger partial charge in [-0.05, 0) is 81.6 Å². The van der Waals surface area contributed by atoms with Gasteiger partial charge in [-0.3, -0.25) is 4.79 Å². The van der Waals surface area contributed by atoms with Crippen LogP contribution in [0.4, 0.5) is 0 Å². The molecule has 1 atom stereocenters. The number of carbonyl (C=O) groups excluding carboxylic acids is 1. The second-order valence-electron chi connectivity index (χ2n) is 9.14. The van der Waals surface area contributed by atoms with Crippen molar-refractivity contribution in [3.63, 3.8) is 0 Å². The van der Waals surface area contributed by atoms with E-state index in [9.17, 15) is 4.79 Å². The number of piperidine rings is 1. The number of carbonyl (C=O) groups is 1. The minimum atomic E-state index is -0.120. The smallest absolute Gasteiger partial charge is 0.271 e. The van der Waals surface area contributed by atoms with Crippen LogP contribution in [0.1, 0.15) is 37.4 Å². The fraction of sp³-hybridized carbons (Fsp3) is 0.400. The zero-order chi connectivity index (χ0) is 22.4. The van der Waals surface area contributed by atoms with E-state index in [1.165, 1.54) is 0 Å². The van der Waals surface area contributed by atoms with Crippen LogP contribution in [0.25, 0.3) is 11.2 Å². The van der Waals surface area contributed by atoms with Crippen LogP contribution in [0, 0.1) is 18.8 Å². The maximum absolute atomic E-state index is 13.4. The van der Waals surface area contributed by atoms with Crippen molar-refractivity contribution in [3.8, 4) is 0 Å². The summed E-state index contributed by atoms with van der Waals surface area (Å²) in [5.74, 6) is 0.445. The number of fused-ring (bicyclic) bond motifs is 2. The lowest BCUT2D eigenvalue weighted by molar-refractivity contribution is -0.124. The van der Waals surface area contributed by atoms with Crippen molar-refractivity contribution in [2.24, 2.45) is 16.9 Å². The Kier molecular flexibility index (Phi) is 5.51. The van der Waals surface area contributed by atoms with E-state index in [0.717, 1.165) is 66.2 Å². The van der Waals surface area contributed by atoms with Gasteiger partial charge in [0.1, 0.15) is 0 Å². The number of hydrogen-bond acceptors (Lipinski definition) is 4. The molecule has 5 rings (SSSR count). The second-order valence-corrected chi connectivity index (χ2v) is 9.55. The second kappa shape index (κ2) is 8.34. The first-order valence-electron chi connectivity index (χ1n) is 11.2. The predicted molar refractivity (Wildman–Crippen MR) is 128 cm³/mol. The standard InChI is InChI=1S/C25H28ClN5O/c1-16-4-5-20-6-7-23(18-8-10-29(3)11-9-18)28-31(20)24(32)13-21(16)19-12-22(26)25-27-17(2)14-30(25)15-19/h5-7,12-16,18H,4,8-11H2,1-3H3. The Hall–Kier alpha value is -2.70. The van der Waals surface area contributed by atoms with E-state index in [2.05, 4.69) is 36.0 Å². The Labute approximate surface area is 193 Å². The van der Waals surface area contributed by atoms with Gasteiger partial charge in [0, 0.05) is 24.4 Å². The summed E-state index contributed by atoms with van der Waals surface area (Å²) < 4.78 is 1.94. The van der Waals surface area contributed by atoms with Crippen molar-refractivity contribution in [3.05, 3.63) is 64.7 Å². The van der Waals surface area contributed by atoms with E-state index in [1.54, 1.807) is 11.1 Å². The van der Waals surface area contributed by atoms with Crippen LogP contribution < -0.4 is 0 Å². The van der Waals surface area contributed by atoms with Crippen molar-refractivity contribution in [1.29, 1.82) is 0 Å². The number of pyridine rings is 1. The molecule has 1 unspecified atom stereocenters. The third-order valence-corrected chi connectivity index (χ3v) is 6.96. The first-order valence-corrected chi connectivity index (χ1v) is 11.6. The van der Waals surface area contributed by atoms with Gasteiger partial charge in [0.25, 0.3) is 5.91 Å². The molecule has 5 heterocycles. The molecule has 0 aliphatic carbocycles. The van der Waals surface area contributed by atoms with Crippen LogP contribution >= 0.6 is 11.6 Å². The average molecular weight is 450 g/mol. The van der Waals surface area contributed by atoms with Crippen LogP contribution in [-0.4, -0.2) is 51.0 Å². The Bertz CT molecular complexity index is 1200. The Morgan fingerprint density at radius 1 is 1.16 bits per heavy atom. The SMILES string of the molecule is Cc1cn2cc(C3=CC(=O)N4N=C(C5CCN(C)CC5)C=CC4=CCC3C)cc(Cl)c2n1. The lowest BCUT2D eigenvalue weighted by Crippen LogP contribution is -2.36. The van der Waals surface area contributed by atoms with Gasteiger partial charge in [-0.15, -0.1) is 0 Å². The van der Waals surface area contributed by atoms with Gasteiger partial charge in [0.05, 0.1) is 22.1 Å². The van der Waals surface area contributed by atoms with E-state index in [-0.39, 0.29) is 11.8 Å². The fourth-order valence-electron chi connectivity index (χ4n) is 4.77. The summed E-state index contributed by atoms with van der Waals surface area (Å²) in [6.07, 6.45) is 14.9. The lowest BCUT2D eigenvalue weighted by atomic mass is 9.89. The molecule has 0 saturated carbocycles. The monoisotopic (exact) mass is 449 g/mol. The molecule has 166 valence electrons. The molecule has 3 aliphatic rings. The van der Waals surface area contributed by atoms with Crippen molar-refractivity contribution in [2.45, 2.75) is 33.1 Å². The van der Waals surface area contributed by atoms with Crippen molar-refractivity contribution in [2.75, 3.05) is 20.1 Å². The van der Waals surface area contributed by atoms with E-state index < -0.39 is 0 Å². The summed E-state index contributed by atoms with van der Waals surface area (Å²) in [4.78, 5) is 20.2. The van der Waals surface area contributed by atoms with Gasteiger partial charge >= 0.3 is 0 Å². The maximum atomic E-state index is 13.4. The number of aromatic nitrogens is 2. The van der Waals surface area contributed by atoms with Crippen LogP contribution in [0.5, 0.6) is 0 Å². The molecule has 2 aromatic rings. The number of hydrogen-bond donors (Lipinski definition) is 0. The summed E-state index contributed by atoms with van der Waals surface area (Å²) in [6.45, 7) is 6.21. The number of imidazole rings is 1. The Morgan fingerprint density at radius 2 is 1.94 bits per heavy atom. The molecule has 7 heteroatoms. The number of rotatable bonds is 2. The van der Waals surface area contributed by atoms with Crippen LogP contribution in [-0.2, 0) is 4.79 Å². The zero-order valence-electron chi connectivity index (χ0n) is 18.8. The summed E-state index contributed by atoms with van der Waals surface area (Å²) in [7, 11) is 2.15. The summed E-state index contributed by atoms with van der Waals surface area (Å²) in [6, 6.07) is 1.91. The van der Waals surface area contributed by atoms with E-state index in [4.69, 9.17) is 16.7 Å². The van der Waals surface area contributed by atoms with Crippen molar-refractivity contribution in [1.82, 2.24) is 19.3 Å². The molecule has 2 aromatic heterocycles. The minimum absolute atomic E-state index is 0.120. The highest BCUT2D eigenvalue weighted by atomic mass is 35.5. The van der Waals surface area contributed by atoms with Gasteiger partial charge in [-0.2, -0.15) is 10.1 Å². The Balaban J connectivity index is 1.49. The first-order chi connectivity index (χ1) is 15.4. The number of halogens is 1. The molecule has 0 N–H and O–H groups in total. The molecular formula is C25H28ClN5O. The molecule has 1 amide bonds. The minimum Gasteiger partial charge on any atom is -0.306 e. The van der Waals surface area contributed by atoms with E-state index in [0.29, 0.717) is 10.9 Å². The number of allylic oxidation sites excluding steroid dienone is 4. The van der Waals surface area contributed by atoms with E-state index in [1.807, 2.05) is 35.9 Å². The fourth-order valence-corrected chi connectivity index (χ4v) is 5.02. The zero-order valence-corrected chi connectivity index (χ0v) is 19.5. The molecule has 0 bridgehead atoms. The number of nitrogens with zero attached hydrogens (tertiary/aromatic N) is 5. The van der Waals surface area contributed by atoms with Crippen LogP contribution in [0.3, 0.4) is 0 Å². The third-order valence-electron chi connectivity index (χ3n) is 6.68. The summed E-state index contributed by atoms with van der Waals surface area (Å²) in [5.41, 5.74) is 5.39. The number of likely N-dealkylation sites (tertiary alicyclic amines) is 1. The molecular weight excluding hydrogens is 422 g/mol. The highest BCUT2D eigenvalue weighted by Crippen LogP contribution is 2.33. The predicted octanol–water partition coefficient (Wildman–Crippen LogP) is 4.70. The highest BCUT2D eigenvalue weighted by molar-refractivity contribution is 6.33. The molecule has 0 spiro atoms. The largest absolute Gasteiger partial charge is 0.306 e. The lowest BCUT2D eigenvalue weighted by Gasteiger charge is -2.32. The first kappa shape index (κ1) is 21.2. The van der Waals surface area contributed by atoms with Gasteiger partial charge in [-0.25, -0.2) is 4.98 Å². The topological polar surface area (TPSA) is 53.2 Å². The van der Waals surface area contributed by atoms with E-state index >= 15 is 0 Å². The van der Waals surface area contributed by atoms with Gasteiger partial charge in [0.15, 0.2) is 5.65 Å². The normalized spacial score (nSPS) is 22.9. The Morgan fingerprint density at radius 3 is 2.72 bits per heavy atom. The maximum Gasteiger partial charge on any atom is 0.271 e. The molecule has 6 nitrogen and oxygen atoms in total. The number of hydrazone groups is 1. The van der Waals surface area contributed by atoms with Gasteiger partial charge in [-0.1, -0.05) is 24.6 Å². The molecule has 0 radical (unpaired) electrons. The number of amides is 1. The van der Waals surface area contributed by atoms with Gasteiger partial charge < -0.3 is 9.30 Å². The van der Waals surface area contributed by atoms with Gasteiger partial charge in [0.2, 0.25) is 0 Å². The number of aryl methyl sites for hydroxylation is 1. The quantitative estimate of drug-likeness (QED) is 0.667. The molecule has 1 fully saturated rings. The third kappa shape index (κ3) is 3.93. The van der Waals surface area contributed by atoms with Crippen molar-refractivity contribution < 1.29 is 4.79 Å². The average Bonchev–Trinajstić information content (AvgIpc) is 3.16. The van der Waals surface area contributed by atoms with Crippen LogP contribution in [0.2, 0.25) is 5.02 Å². The molecule has 32 heavy (non-hydrogen) atoms. The molecule has 0 aromatic carbocycles. The summed E-state index contributed by atoms with van der Waals surface area (Å²) in [5, 5.41) is 6.95. The van der Waals surface area contributed by atoms with Crippen LogP contribution in [0.15, 0.2) is 53.6 Å². The molecule has 1 saturated heterocycles. The van der Waals surface area contributed by atoms with Crippen molar-refractivity contribution >= 4 is 34.4 Å². The highest BCUT2D eigenvalue weighted by Gasteiger charge is 2.28. The molecule has 3 aliphatic heterocycles.